The zero-order chi connectivity index (χ0) is 5.98. The third-order valence-electron chi connectivity index (χ3n) is 1.33. The van der Waals surface area contributed by atoms with Crippen molar-refractivity contribution in [2.24, 2.45) is 0 Å². The summed E-state index contributed by atoms with van der Waals surface area (Å²) in [6, 6.07) is 0. The molecule has 1 rings (SSSR count). The van der Waals surface area contributed by atoms with E-state index in [9.17, 15) is 0 Å². The van der Waals surface area contributed by atoms with E-state index < -0.39 is 0 Å². The van der Waals surface area contributed by atoms with Gasteiger partial charge in [-0.3, -0.25) is 0 Å². The van der Waals surface area contributed by atoms with Crippen LogP contribution in [-0.4, -0.2) is 17.5 Å². The lowest BCUT2D eigenvalue weighted by atomic mass is 10.2. The Labute approximate surface area is 58.5 Å². The van der Waals surface area contributed by atoms with E-state index in [1.54, 1.807) is 0 Å². The fourth-order valence-corrected chi connectivity index (χ4v) is 1.49. The van der Waals surface area contributed by atoms with Crippen LogP contribution in [0.25, 0.3) is 0 Å². The van der Waals surface area contributed by atoms with Crippen LogP contribution < -0.4 is 0 Å². The number of ether oxygens (including phenoxy) is 1. The first-order chi connectivity index (χ1) is 3.84. The van der Waals surface area contributed by atoms with Crippen molar-refractivity contribution in [1.82, 2.24) is 0 Å². The molecule has 0 aliphatic carbocycles. The number of hydrogen-bond donors (Lipinski definition) is 0. The highest BCUT2D eigenvalue weighted by Crippen LogP contribution is 2.23. The molecule has 8 heavy (non-hydrogen) atoms. The Bertz CT molecular complexity index is 70.9. The van der Waals surface area contributed by atoms with E-state index in [4.69, 9.17) is 4.74 Å². The number of epoxide rings is 1. The van der Waals surface area contributed by atoms with Crippen molar-refractivity contribution in [2.75, 3.05) is 6.61 Å². The molecule has 0 bridgehead atoms. The Morgan fingerprint density at radius 2 is 2.50 bits per heavy atom. The minimum Gasteiger partial charge on any atom is -0.372 e. The Hall–Kier alpha value is 0.440. The average molecular weight is 179 g/mol. The maximum absolute atomic E-state index is 5.08. The van der Waals surface area contributed by atoms with Gasteiger partial charge in [-0.05, 0) is 6.42 Å². The summed E-state index contributed by atoms with van der Waals surface area (Å²) in [5.74, 6) is 0. The molecule has 0 aromatic rings. The van der Waals surface area contributed by atoms with Crippen LogP contribution in [0, 0.1) is 0 Å². The first-order valence-electron chi connectivity index (χ1n) is 3.10. The van der Waals surface area contributed by atoms with Gasteiger partial charge in [-0.15, -0.1) is 0 Å². The summed E-state index contributed by atoms with van der Waals surface area (Å²) in [6.45, 7) is 3.16. The van der Waals surface area contributed by atoms with Gasteiger partial charge in [0, 0.05) is 4.83 Å². The van der Waals surface area contributed by atoms with Crippen molar-refractivity contribution >= 4 is 15.9 Å². The van der Waals surface area contributed by atoms with Gasteiger partial charge in [0.05, 0.1) is 12.7 Å². The lowest BCUT2D eigenvalue weighted by molar-refractivity contribution is 0.398. The summed E-state index contributed by atoms with van der Waals surface area (Å²) in [4.78, 5) is 0.618. The van der Waals surface area contributed by atoms with Crippen LogP contribution in [0.4, 0.5) is 0 Å². The Morgan fingerprint density at radius 3 is 2.88 bits per heavy atom. The predicted octanol–water partition coefficient (Wildman–Crippen LogP) is 1.95. The van der Waals surface area contributed by atoms with Crippen LogP contribution >= 0.6 is 15.9 Å². The third-order valence-corrected chi connectivity index (χ3v) is 2.37. The molecule has 2 atom stereocenters. The fourth-order valence-electron chi connectivity index (χ4n) is 0.726. The first kappa shape index (κ1) is 6.56. The van der Waals surface area contributed by atoms with Crippen molar-refractivity contribution in [2.45, 2.75) is 30.7 Å². The number of rotatable bonds is 3. The van der Waals surface area contributed by atoms with Crippen molar-refractivity contribution in [3.05, 3.63) is 0 Å². The second kappa shape index (κ2) is 2.83. The molecule has 0 aromatic carbocycles. The lowest BCUT2D eigenvalue weighted by Gasteiger charge is -2.00. The van der Waals surface area contributed by atoms with Crippen LogP contribution in [0.3, 0.4) is 0 Å². The van der Waals surface area contributed by atoms with E-state index in [0.717, 1.165) is 6.61 Å². The Kier molecular flexibility index (Phi) is 2.32. The molecule has 0 radical (unpaired) electrons. The standard InChI is InChI=1S/C6H11BrO/c1-2-3-5(7)6-4-8-6/h5-6H,2-4H2,1H3/t5-,6-/m0/s1. The molecule has 1 heterocycles. The molecule has 1 fully saturated rings. The topological polar surface area (TPSA) is 12.5 Å². The molecule has 1 saturated heterocycles. The summed E-state index contributed by atoms with van der Waals surface area (Å²) in [6.07, 6.45) is 3.02. The average Bonchev–Trinajstić information content (AvgIpc) is 2.45. The van der Waals surface area contributed by atoms with Gasteiger partial charge in [0.1, 0.15) is 0 Å². The summed E-state index contributed by atoms with van der Waals surface area (Å²) in [5.41, 5.74) is 0. The molecular weight excluding hydrogens is 168 g/mol. The lowest BCUT2D eigenvalue weighted by Crippen LogP contribution is -2.04. The highest BCUT2D eigenvalue weighted by atomic mass is 79.9. The first-order valence-corrected chi connectivity index (χ1v) is 4.02. The van der Waals surface area contributed by atoms with Gasteiger partial charge in [0.2, 0.25) is 0 Å². The van der Waals surface area contributed by atoms with E-state index in [2.05, 4.69) is 22.9 Å². The van der Waals surface area contributed by atoms with Gasteiger partial charge in [-0.1, -0.05) is 29.3 Å². The van der Waals surface area contributed by atoms with E-state index in [1.807, 2.05) is 0 Å². The second-order valence-corrected chi connectivity index (χ2v) is 3.35. The molecule has 2 heteroatoms. The van der Waals surface area contributed by atoms with Gasteiger partial charge < -0.3 is 4.74 Å². The Morgan fingerprint density at radius 1 is 1.88 bits per heavy atom. The SMILES string of the molecule is CCC[C@H](Br)[C@@H]1CO1. The number of hydrogen-bond acceptors (Lipinski definition) is 1. The van der Waals surface area contributed by atoms with Crippen molar-refractivity contribution in [3.63, 3.8) is 0 Å². The molecule has 0 spiro atoms. The summed E-state index contributed by atoms with van der Waals surface area (Å²) < 4.78 is 5.08. The minimum atomic E-state index is 0.537. The highest BCUT2D eigenvalue weighted by Gasteiger charge is 2.29. The fraction of sp³-hybridized carbons (Fsp3) is 1.00. The van der Waals surface area contributed by atoms with E-state index >= 15 is 0 Å². The second-order valence-electron chi connectivity index (χ2n) is 2.18. The molecule has 48 valence electrons. The van der Waals surface area contributed by atoms with Gasteiger partial charge in [-0.2, -0.15) is 0 Å². The molecule has 0 N–H and O–H groups in total. The van der Waals surface area contributed by atoms with Gasteiger partial charge in [-0.25, -0.2) is 0 Å². The van der Waals surface area contributed by atoms with Gasteiger partial charge in [0.15, 0.2) is 0 Å². The maximum Gasteiger partial charge on any atom is 0.0934 e. The molecule has 1 aliphatic heterocycles. The molecule has 0 aromatic heterocycles. The summed E-state index contributed by atoms with van der Waals surface area (Å²) in [7, 11) is 0. The van der Waals surface area contributed by atoms with Crippen molar-refractivity contribution < 1.29 is 4.74 Å². The predicted molar refractivity (Wildman–Crippen MR) is 37.4 cm³/mol. The van der Waals surface area contributed by atoms with E-state index in [0.29, 0.717) is 10.9 Å². The summed E-state index contributed by atoms with van der Waals surface area (Å²) >= 11 is 3.54. The van der Waals surface area contributed by atoms with Crippen LogP contribution in [0.15, 0.2) is 0 Å². The summed E-state index contributed by atoms with van der Waals surface area (Å²) in [5, 5.41) is 0. The van der Waals surface area contributed by atoms with Crippen molar-refractivity contribution in [3.8, 4) is 0 Å². The number of halogens is 1. The zero-order valence-electron chi connectivity index (χ0n) is 5.06. The van der Waals surface area contributed by atoms with Crippen molar-refractivity contribution in [1.29, 1.82) is 0 Å². The van der Waals surface area contributed by atoms with Crippen LogP contribution in [-0.2, 0) is 4.74 Å². The number of alkyl halides is 1. The molecule has 0 amide bonds. The smallest absolute Gasteiger partial charge is 0.0934 e. The van der Waals surface area contributed by atoms with E-state index in [-0.39, 0.29) is 0 Å². The normalized spacial score (nSPS) is 30.0. The zero-order valence-corrected chi connectivity index (χ0v) is 6.65. The monoisotopic (exact) mass is 178 g/mol. The van der Waals surface area contributed by atoms with Crippen LogP contribution in [0.1, 0.15) is 19.8 Å². The largest absolute Gasteiger partial charge is 0.372 e. The van der Waals surface area contributed by atoms with Crippen LogP contribution in [0.5, 0.6) is 0 Å². The Balaban J connectivity index is 2.03. The molecule has 0 unspecified atom stereocenters. The van der Waals surface area contributed by atoms with Gasteiger partial charge in [0.25, 0.3) is 0 Å². The minimum absolute atomic E-state index is 0.537. The van der Waals surface area contributed by atoms with E-state index in [1.165, 1.54) is 12.8 Å². The molecule has 1 nitrogen and oxygen atoms in total. The van der Waals surface area contributed by atoms with Gasteiger partial charge >= 0.3 is 0 Å². The molecule has 1 aliphatic rings. The molecular formula is C6H11BrO. The maximum atomic E-state index is 5.08. The quantitative estimate of drug-likeness (QED) is 0.476. The molecule has 0 saturated carbocycles. The third kappa shape index (κ3) is 1.75. The highest BCUT2D eigenvalue weighted by molar-refractivity contribution is 9.09. The van der Waals surface area contributed by atoms with Crippen LogP contribution in [0.2, 0.25) is 0 Å².